The fraction of sp³-hybridized carbons (Fsp3) is 0.462. The lowest BCUT2D eigenvalue weighted by Crippen LogP contribution is -2.31. The number of rotatable bonds is 0. The minimum atomic E-state index is -1.67. The van der Waals surface area contributed by atoms with Gasteiger partial charge >= 0.3 is 0 Å². The highest BCUT2D eigenvalue weighted by Crippen LogP contribution is 2.49. The maximum Gasteiger partial charge on any atom is 0.200 e. The zero-order chi connectivity index (χ0) is 10.6. The molecule has 2 unspecified atom stereocenters. The molecule has 1 aromatic carbocycles. The van der Waals surface area contributed by atoms with Crippen LogP contribution in [-0.2, 0) is 6.42 Å². The number of ketones is 1. The second-order valence-corrected chi connectivity index (χ2v) is 4.73. The molecule has 15 heavy (non-hydrogen) atoms. The highest BCUT2D eigenvalue weighted by Gasteiger charge is 2.51. The van der Waals surface area contributed by atoms with Gasteiger partial charge in [-0.1, -0.05) is 18.2 Å². The number of hydrogen-bond donors (Lipinski definition) is 0. The van der Waals surface area contributed by atoms with Crippen LogP contribution in [0.15, 0.2) is 18.2 Å². The summed E-state index contributed by atoms with van der Waals surface area (Å²) in [6, 6.07) is 5.67. The van der Waals surface area contributed by atoms with E-state index >= 15 is 0 Å². The molecule has 1 aromatic rings. The zero-order valence-corrected chi connectivity index (χ0v) is 8.72. The molecule has 0 aliphatic heterocycles. The van der Waals surface area contributed by atoms with E-state index in [1.165, 1.54) is 12.5 Å². The highest BCUT2D eigenvalue weighted by molar-refractivity contribution is 6.08. The molecule has 3 rings (SSSR count). The van der Waals surface area contributed by atoms with Crippen LogP contribution >= 0.6 is 0 Å². The van der Waals surface area contributed by atoms with Crippen LogP contribution in [0.4, 0.5) is 4.39 Å². The van der Waals surface area contributed by atoms with Crippen LogP contribution in [0.2, 0.25) is 0 Å². The van der Waals surface area contributed by atoms with Crippen LogP contribution in [0.3, 0.4) is 0 Å². The maximum absolute atomic E-state index is 14.3. The van der Waals surface area contributed by atoms with Crippen molar-refractivity contribution in [3.8, 4) is 0 Å². The summed E-state index contributed by atoms with van der Waals surface area (Å²) in [5, 5.41) is 0. The van der Waals surface area contributed by atoms with Crippen molar-refractivity contribution in [3.63, 3.8) is 0 Å². The lowest BCUT2D eigenvalue weighted by Gasteiger charge is -2.26. The maximum atomic E-state index is 14.3. The predicted octanol–water partition coefficient (Wildman–Crippen LogP) is 3.03. The van der Waals surface area contributed by atoms with E-state index in [2.05, 4.69) is 0 Å². The first-order chi connectivity index (χ1) is 7.12. The van der Waals surface area contributed by atoms with Gasteiger partial charge < -0.3 is 0 Å². The SMILES string of the molecule is CC1(F)C(=O)c2cccc3c2C1CCC3. The first-order valence-corrected chi connectivity index (χ1v) is 5.48. The summed E-state index contributed by atoms with van der Waals surface area (Å²) in [6.45, 7) is 1.44. The molecule has 2 aliphatic carbocycles. The van der Waals surface area contributed by atoms with Gasteiger partial charge in [-0.2, -0.15) is 0 Å². The van der Waals surface area contributed by atoms with E-state index < -0.39 is 5.67 Å². The topological polar surface area (TPSA) is 17.1 Å². The molecule has 0 saturated carbocycles. The number of carbonyl (C=O) groups excluding carboxylic acids is 1. The molecule has 0 fully saturated rings. The third kappa shape index (κ3) is 0.996. The summed E-state index contributed by atoms with van der Waals surface area (Å²) in [5.41, 5.74) is 1.14. The van der Waals surface area contributed by atoms with E-state index in [1.807, 2.05) is 12.1 Å². The molecule has 2 atom stereocenters. The van der Waals surface area contributed by atoms with Crippen LogP contribution in [0.1, 0.15) is 47.2 Å². The van der Waals surface area contributed by atoms with Crippen molar-refractivity contribution in [3.05, 3.63) is 34.9 Å². The quantitative estimate of drug-likeness (QED) is 0.634. The molecule has 0 N–H and O–H groups in total. The van der Waals surface area contributed by atoms with Gasteiger partial charge in [0.1, 0.15) is 0 Å². The van der Waals surface area contributed by atoms with Crippen LogP contribution < -0.4 is 0 Å². The van der Waals surface area contributed by atoms with E-state index in [4.69, 9.17) is 0 Å². The molecular formula is C13H13FO. The van der Waals surface area contributed by atoms with E-state index in [0.717, 1.165) is 24.8 Å². The number of hydrogen-bond acceptors (Lipinski definition) is 1. The van der Waals surface area contributed by atoms with Gasteiger partial charge in [0.05, 0.1) is 0 Å². The lowest BCUT2D eigenvalue weighted by molar-refractivity contribution is 0.0691. The Bertz CT molecular complexity index is 448. The van der Waals surface area contributed by atoms with Crippen molar-refractivity contribution in [2.24, 2.45) is 0 Å². The summed E-state index contributed by atoms with van der Waals surface area (Å²) < 4.78 is 14.3. The van der Waals surface area contributed by atoms with E-state index in [9.17, 15) is 9.18 Å². The average molecular weight is 204 g/mol. The molecule has 1 nitrogen and oxygen atoms in total. The Labute approximate surface area is 88.3 Å². The van der Waals surface area contributed by atoms with Crippen molar-refractivity contribution in [1.82, 2.24) is 0 Å². The van der Waals surface area contributed by atoms with E-state index in [0.29, 0.717) is 5.56 Å². The number of aryl methyl sites for hydroxylation is 1. The van der Waals surface area contributed by atoms with Gasteiger partial charge in [0, 0.05) is 11.5 Å². The van der Waals surface area contributed by atoms with Crippen LogP contribution in [0.5, 0.6) is 0 Å². The summed E-state index contributed by atoms with van der Waals surface area (Å²) >= 11 is 0. The summed E-state index contributed by atoms with van der Waals surface area (Å²) in [4.78, 5) is 11.9. The Kier molecular flexibility index (Phi) is 1.63. The Balaban J connectivity index is 2.30. The molecule has 78 valence electrons. The van der Waals surface area contributed by atoms with Crippen molar-refractivity contribution in [1.29, 1.82) is 0 Å². The third-order valence-electron chi connectivity index (χ3n) is 3.83. The van der Waals surface area contributed by atoms with Crippen molar-refractivity contribution in [2.75, 3.05) is 0 Å². The standard InChI is InChI=1S/C13H13FO/c1-13(14)10-7-3-5-8-4-2-6-9(11(8)10)12(13)15/h2,4,6,10H,3,5,7H2,1H3. The minimum Gasteiger partial charge on any atom is -0.291 e. The smallest absolute Gasteiger partial charge is 0.200 e. The van der Waals surface area contributed by atoms with Gasteiger partial charge in [-0.25, -0.2) is 4.39 Å². The number of Topliss-reactive ketones (excluding diaryl/α,β-unsaturated/α-hetero) is 1. The first-order valence-electron chi connectivity index (χ1n) is 5.48. The fourth-order valence-electron chi connectivity index (χ4n) is 3.05. The van der Waals surface area contributed by atoms with Gasteiger partial charge in [-0.15, -0.1) is 0 Å². The third-order valence-corrected chi connectivity index (χ3v) is 3.83. The summed E-state index contributed by atoms with van der Waals surface area (Å²) in [6.07, 6.45) is 2.79. The summed E-state index contributed by atoms with van der Waals surface area (Å²) in [7, 11) is 0. The summed E-state index contributed by atoms with van der Waals surface area (Å²) in [5.74, 6) is -0.504. The number of alkyl halides is 1. The Morgan fingerprint density at radius 1 is 1.47 bits per heavy atom. The van der Waals surface area contributed by atoms with Gasteiger partial charge in [0.25, 0.3) is 0 Å². The first kappa shape index (κ1) is 9.08. The molecule has 0 aromatic heterocycles. The Morgan fingerprint density at radius 3 is 3.07 bits per heavy atom. The molecule has 0 radical (unpaired) electrons. The molecule has 0 amide bonds. The molecule has 2 heteroatoms. The molecular weight excluding hydrogens is 191 g/mol. The van der Waals surface area contributed by atoms with Crippen LogP contribution in [0.25, 0.3) is 0 Å². The number of carbonyl (C=O) groups is 1. The molecule has 0 spiro atoms. The fourth-order valence-corrected chi connectivity index (χ4v) is 3.05. The highest BCUT2D eigenvalue weighted by atomic mass is 19.1. The minimum absolute atomic E-state index is 0.190. The van der Waals surface area contributed by atoms with Crippen LogP contribution in [0, 0.1) is 0 Å². The molecule has 2 aliphatic rings. The van der Waals surface area contributed by atoms with Gasteiger partial charge in [-0.3, -0.25) is 4.79 Å². The van der Waals surface area contributed by atoms with E-state index in [1.54, 1.807) is 6.07 Å². The second kappa shape index (κ2) is 2.69. The van der Waals surface area contributed by atoms with Gasteiger partial charge in [0.2, 0.25) is 5.78 Å². The normalized spacial score (nSPS) is 32.9. The van der Waals surface area contributed by atoms with E-state index in [-0.39, 0.29) is 11.7 Å². The molecule has 0 heterocycles. The zero-order valence-electron chi connectivity index (χ0n) is 8.72. The largest absolute Gasteiger partial charge is 0.291 e. The van der Waals surface area contributed by atoms with Gasteiger partial charge in [-0.05, 0) is 37.3 Å². The monoisotopic (exact) mass is 204 g/mol. The Hall–Kier alpha value is -1.18. The Morgan fingerprint density at radius 2 is 2.27 bits per heavy atom. The predicted molar refractivity (Wildman–Crippen MR) is 56.0 cm³/mol. The van der Waals surface area contributed by atoms with Crippen molar-refractivity contribution < 1.29 is 9.18 Å². The number of benzene rings is 1. The van der Waals surface area contributed by atoms with Gasteiger partial charge in [0.15, 0.2) is 5.67 Å². The molecule has 0 saturated heterocycles. The van der Waals surface area contributed by atoms with Crippen molar-refractivity contribution in [2.45, 2.75) is 37.8 Å². The molecule has 0 bridgehead atoms. The lowest BCUT2D eigenvalue weighted by atomic mass is 9.79. The van der Waals surface area contributed by atoms with Crippen molar-refractivity contribution >= 4 is 5.78 Å². The second-order valence-electron chi connectivity index (χ2n) is 4.73. The average Bonchev–Trinajstić information content (AvgIpc) is 2.43. The van der Waals surface area contributed by atoms with Crippen LogP contribution in [-0.4, -0.2) is 11.5 Å². The number of halogens is 1.